The van der Waals surface area contributed by atoms with Crippen LogP contribution >= 0.6 is 0 Å². The molecule has 2 fully saturated rings. The second-order valence-corrected chi connectivity index (χ2v) is 8.00. The molecule has 0 spiro atoms. The van der Waals surface area contributed by atoms with E-state index in [-0.39, 0.29) is 23.3 Å². The first-order chi connectivity index (χ1) is 8.98. The van der Waals surface area contributed by atoms with Gasteiger partial charge in [-0.3, -0.25) is 9.69 Å². The molecule has 19 heavy (non-hydrogen) atoms. The van der Waals surface area contributed by atoms with Crippen molar-refractivity contribution in [2.24, 2.45) is 5.92 Å². The smallest absolute Gasteiger partial charge is 0.224 e. The minimum absolute atomic E-state index is 0.0267. The molecule has 2 heterocycles. The molecule has 5 nitrogen and oxygen atoms in total. The molecule has 6 heteroatoms. The van der Waals surface area contributed by atoms with Crippen molar-refractivity contribution in [1.29, 1.82) is 0 Å². The highest BCUT2D eigenvalue weighted by Crippen LogP contribution is 2.18. The maximum absolute atomic E-state index is 11.9. The van der Waals surface area contributed by atoms with Gasteiger partial charge in [-0.2, -0.15) is 0 Å². The normalized spacial score (nSPS) is 31.2. The van der Waals surface area contributed by atoms with Gasteiger partial charge in [0.2, 0.25) is 5.91 Å². The van der Waals surface area contributed by atoms with E-state index in [0.29, 0.717) is 19.0 Å². The van der Waals surface area contributed by atoms with E-state index in [2.05, 4.69) is 17.1 Å². The largest absolute Gasteiger partial charge is 0.355 e. The Morgan fingerprint density at radius 1 is 1.32 bits per heavy atom. The summed E-state index contributed by atoms with van der Waals surface area (Å²) in [6.45, 7) is 4.82. The van der Waals surface area contributed by atoms with Crippen molar-refractivity contribution in [1.82, 2.24) is 10.2 Å². The predicted molar refractivity (Wildman–Crippen MR) is 74.7 cm³/mol. The van der Waals surface area contributed by atoms with E-state index in [1.807, 2.05) is 0 Å². The second-order valence-electron chi connectivity index (χ2n) is 5.77. The van der Waals surface area contributed by atoms with E-state index >= 15 is 0 Å². The van der Waals surface area contributed by atoms with Crippen molar-refractivity contribution < 1.29 is 13.2 Å². The molecule has 2 saturated heterocycles. The molecule has 1 N–H and O–H groups in total. The summed E-state index contributed by atoms with van der Waals surface area (Å²) in [5.74, 6) is -0.234. The number of rotatable bonds is 4. The SMILES string of the molecule is C[C@H]1CCCCN1CCNC(=O)[C@H]1CCS(=O)(=O)C1. The van der Waals surface area contributed by atoms with Gasteiger partial charge in [-0.05, 0) is 32.7 Å². The van der Waals surface area contributed by atoms with E-state index in [1.54, 1.807) is 0 Å². The zero-order chi connectivity index (χ0) is 13.9. The number of hydrogen-bond acceptors (Lipinski definition) is 4. The lowest BCUT2D eigenvalue weighted by molar-refractivity contribution is -0.124. The highest BCUT2D eigenvalue weighted by atomic mass is 32.2. The van der Waals surface area contributed by atoms with Gasteiger partial charge in [-0.25, -0.2) is 8.42 Å². The second kappa shape index (κ2) is 6.22. The van der Waals surface area contributed by atoms with Crippen molar-refractivity contribution in [3.8, 4) is 0 Å². The van der Waals surface area contributed by atoms with Gasteiger partial charge in [0, 0.05) is 19.1 Å². The lowest BCUT2D eigenvalue weighted by atomic mass is 10.0. The number of sulfone groups is 1. The van der Waals surface area contributed by atoms with Gasteiger partial charge in [0.1, 0.15) is 0 Å². The fourth-order valence-electron chi connectivity index (χ4n) is 2.96. The standard InChI is InChI=1S/C13H24N2O3S/c1-11-4-2-3-7-15(11)8-6-14-13(16)12-5-9-19(17,18)10-12/h11-12H,2-10H2,1H3,(H,14,16)/t11-,12-/m0/s1. The highest BCUT2D eigenvalue weighted by molar-refractivity contribution is 7.91. The molecule has 0 aromatic carbocycles. The van der Waals surface area contributed by atoms with Crippen LogP contribution in [0.1, 0.15) is 32.6 Å². The molecule has 0 saturated carbocycles. The van der Waals surface area contributed by atoms with Crippen LogP contribution in [0.25, 0.3) is 0 Å². The van der Waals surface area contributed by atoms with Crippen molar-refractivity contribution in [2.75, 3.05) is 31.1 Å². The van der Waals surface area contributed by atoms with Gasteiger partial charge in [0.15, 0.2) is 9.84 Å². The Bertz CT molecular complexity index is 422. The fraction of sp³-hybridized carbons (Fsp3) is 0.923. The van der Waals surface area contributed by atoms with E-state index in [0.717, 1.165) is 13.1 Å². The van der Waals surface area contributed by atoms with Crippen LogP contribution in [-0.2, 0) is 14.6 Å². The summed E-state index contributed by atoms with van der Waals surface area (Å²) < 4.78 is 22.6. The highest BCUT2D eigenvalue weighted by Gasteiger charge is 2.32. The Kier molecular flexibility index (Phi) is 4.84. The van der Waals surface area contributed by atoms with E-state index in [1.165, 1.54) is 19.3 Å². The molecule has 0 aliphatic carbocycles. The molecule has 110 valence electrons. The predicted octanol–water partition coefficient (Wildman–Crippen LogP) is 0.412. The Morgan fingerprint density at radius 3 is 2.74 bits per heavy atom. The third kappa shape index (κ3) is 4.18. The van der Waals surface area contributed by atoms with Crippen molar-refractivity contribution in [3.05, 3.63) is 0 Å². The molecule has 2 aliphatic rings. The molecule has 0 aromatic heterocycles. The minimum Gasteiger partial charge on any atom is -0.355 e. The summed E-state index contributed by atoms with van der Waals surface area (Å²) >= 11 is 0. The Hall–Kier alpha value is -0.620. The van der Waals surface area contributed by atoms with Crippen LogP contribution in [0.3, 0.4) is 0 Å². The van der Waals surface area contributed by atoms with Gasteiger partial charge in [0.05, 0.1) is 17.4 Å². The van der Waals surface area contributed by atoms with Gasteiger partial charge in [-0.15, -0.1) is 0 Å². The number of carbonyl (C=O) groups is 1. The number of nitrogens with one attached hydrogen (secondary N) is 1. The molecule has 2 aliphatic heterocycles. The van der Waals surface area contributed by atoms with Crippen LogP contribution < -0.4 is 5.32 Å². The monoisotopic (exact) mass is 288 g/mol. The summed E-state index contributed by atoms with van der Waals surface area (Å²) in [6.07, 6.45) is 4.24. The topological polar surface area (TPSA) is 66.5 Å². The molecule has 0 unspecified atom stereocenters. The first-order valence-electron chi connectivity index (χ1n) is 7.20. The average molecular weight is 288 g/mol. The number of hydrogen-bond donors (Lipinski definition) is 1. The lowest BCUT2D eigenvalue weighted by Crippen LogP contribution is -2.43. The quantitative estimate of drug-likeness (QED) is 0.814. The van der Waals surface area contributed by atoms with Gasteiger partial charge in [-0.1, -0.05) is 6.42 Å². The van der Waals surface area contributed by atoms with Crippen LogP contribution in [0.4, 0.5) is 0 Å². The molecule has 0 aromatic rings. The Morgan fingerprint density at radius 2 is 2.11 bits per heavy atom. The van der Waals surface area contributed by atoms with Crippen molar-refractivity contribution in [3.63, 3.8) is 0 Å². The van der Waals surface area contributed by atoms with E-state index in [9.17, 15) is 13.2 Å². The van der Waals surface area contributed by atoms with E-state index < -0.39 is 9.84 Å². The molecule has 1 amide bonds. The molecule has 2 atom stereocenters. The van der Waals surface area contributed by atoms with Crippen molar-refractivity contribution >= 4 is 15.7 Å². The van der Waals surface area contributed by atoms with Gasteiger partial charge >= 0.3 is 0 Å². The van der Waals surface area contributed by atoms with Gasteiger partial charge in [0.25, 0.3) is 0 Å². The lowest BCUT2D eigenvalue weighted by Gasteiger charge is -2.33. The van der Waals surface area contributed by atoms with Crippen LogP contribution in [0.2, 0.25) is 0 Å². The first kappa shape index (κ1) is 14.8. The van der Waals surface area contributed by atoms with Crippen LogP contribution in [0.5, 0.6) is 0 Å². The molecular weight excluding hydrogens is 264 g/mol. The first-order valence-corrected chi connectivity index (χ1v) is 9.02. The minimum atomic E-state index is -2.97. The maximum Gasteiger partial charge on any atom is 0.224 e. The Labute approximate surface area is 115 Å². The summed E-state index contributed by atoms with van der Waals surface area (Å²) in [4.78, 5) is 14.3. The summed E-state index contributed by atoms with van der Waals surface area (Å²) in [6, 6.07) is 0.595. The summed E-state index contributed by atoms with van der Waals surface area (Å²) in [5, 5.41) is 2.89. The number of amides is 1. The number of carbonyl (C=O) groups excluding carboxylic acids is 1. The number of piperidine rings is 1. The van der Waals surface area contributed by atoms with Crippen LogP contribution in [0.15, 0.2) is 0 Å². The number of nitrogens with zero attached hydrogens (tertiary/aromatic N) is 1. The Balaban J connectivity index is 1.69. The zero-order valence-corrected chi connectivity index (χ0v) is 12.4. The fourth-order valence-corrected chi connectivity index (χ4v) is 4.70. The third-order valence-electron chi connectivity index (χ3n) is 4.24. The van der Waals surface area contributed by atoms with E-state index in [4.69, 9.17) is 0 Å². The molecule has 0 radical (unpaired) electrons. The average Bonchev–Trinajstić information content (AvgIpc) is 2.72. The van der Waals surface area contributed by atoms with Crippen LogP contribution in [-0.4, -0.2) is 56.4 Å². The number of likely N-dealkylation sites (tertiary alicyclic amines) is 1. The summed E-state index contributed by atoms with van der Waals surface area (Å²) in [7, 11) is -2.97. The molecular formula is C13H24N2O3S. The molecule has 2 rings (SSSR count). The van der Waals surface area contributed by atoms with Crippen molar-refractivity contribution in [2.45, 2.75) is 38.6 Å². The van der Waals surface area contributed by atoms with Crippen LogP contribution in [0, 0.1) is 5.92 Å². The van der Waals surface area contributed by atoms with Gasteiger partial charge < -0.3 is 5.32 Å². The zero-order valence-electron chi connectivity index (χ0n) is 11.6. The third-order valence-corrected chi connectivity index (χ3v) is 6.01. The molecule has 0 bridgehead atoms. The summed E-state index contributed by atoms with van der Waals surface area (Å²) in [5.41, 5.74) is 0. The maximum atomic E-state index is 11.9.